The average Bonchev–Trinajstić information content (AvgIpc) is 3.22. The van der Waals surface area contributed by atoms with Gasteiger partial charge >= 0.3 is 29.9 Å². The molecule has 12 nitrogen and oxygen atoms in total. The van der Waals surface area contributed by atoms with Crippen molar-refractivity contribution in [2.75, 3.05) is 37.1 Å². The Bertz CT molecular complexity index is 2140. The lowest BCUT2D eigenvalue weighted by Crippen LogP contribution is -2.30. The monoisotopic (exact) mass is 796 g/mol. The molecule has 0 atom stereocenters. The van der Waals surface area contributed by atoms with Crippen LogP contribution in [-0.2, 0) is 34.8 Å². The third kappa shape index (κ3) is 15.1. The number of esters is 2. The number of halogens is 3. The molecule has 0 saturated carbocycles. The maximum atomic E-state index is 14.0. The van der Waals surface area contributed by atoms with Crippen molar-refractivity contribution in [2.24, 2.45) is 10.2 Å². The lowest BCUT2D eigenvalue weighted by Gasteiger charge is -2.14. The van der Waals surface area contributed by atoms with Crippen LogP contribution in [0.3, 0.4) is 0 Å². The number of benzene rings is 4. The van der Waals surface area contributed by atoms with Crippen LogP contribution in [0.4, 0.5) is 35.9 Å². The summed E-state index contributed by atoms with van der Waals surface area (Å²) in [6, 6.07) is 22.6. The standard InChI is InChI=1S/C43H39F3N4O8/c1-3-39(51)57-27-7-5-25-55-35-20-11-30(12-21-35)9-10-31-13-24-38(37(29-31)43(44,45)46)48-42(54)41(53)47-32-14-16-33(17-15-32)49-50-34-18-22-36(23-19-34)56-26-6-8-28-58-40(52)4-2/h3-4,11-24,29H,1-2,5-8,25-28H2,(H,47,53)(H,48,54)/b50-49+. The van der Waals surface area contributed by atoms with Crippen molar-refractivity contribution in [3.8, 4) is 23.3 Å². The fraction of sp³-hybridized carbons (Fsp3) is 0.209. The van der Waals surface area contributed by atoms with Crippen molar-refractivity contribution in [3.05, 3.63) is 133 Å². The molecule has 0 aliphatic rings. The van der Waals surface area contributed by atoms with E-state index in [1.165, 1.54) is 30.3 Å². The summed E-state index contributed by atoms with van der Waals surface area (Å²) in [4.78, 5) is 47.3. The Morgan fingerprint density at radius 2 is 1.05 bits per heavy atom. The zero-order valence-corrected chi connectivity index (χ0v) is 31.2. The van der Waals surface area contributed by atoms with Crippen LogP contribution >= 0.6 is 0 Å². The summed E-state index contributed by atoms with van der Waals surface area (Å²) in [5.74, 6) is 3.23. The van der Waals surface area contributed by atoms with Crippen LogP contribution in [0.2, 0.25) is 0 Å². The Labute approximate surface area is 332 Å². The molecule has 0 radical (unpaired) electrons. The van der Waals surface area contributed by atoms with Gasteiger partial charge in [-0.2, -0.15) is 23.4 Å². The fourth-order valence-electron chi connectivity index (χ4n) is 4.70. The highest BCUT2D eigenvalue weighted by Crippen LogP contribution is 2.35. The van der Waals surface area contributed by atoms with Crippen LogP contribution in [0, 0.1) is 11.8 Å². The number of amides is 2. The number of anilines is 2. The van der Waals surface area contributed by atoms with E-state index in [0.29, 0.717) is 67.3 Å². The summed E-state index contributed by atoms with van der Waals surface area (Å²) in [7, 11) is 0. The minimum absolute atomic E-state index is 0.0319. The first kappa shape index (κ1) is 43.5. The zero-order valence-electron chi connectivity index (χ0n) is 31.2. The summed E-state index contributed by atoms with van der Waals surface area (Å²) in [5.41, 5.74) is -0.0656. The molecular weight excluding hydrogens is 757 g/mol. The van der Waals surface area contributed by atoms with Crippen molar-refractivity contribution >= 4 is 46.5 Å². The number of nitrogens with one attached hydrogen (secondary N) is 2. The molecule has 0 bridgehead atoms. The van der Waals surface area contributed by atoms with Gasteiger partial charge in [0.15, 0.2) is 0 Å². The zero-order chi connectivity index (χ0) is 41.8. The molecule has 300 valence electrons. The van der Waals surface area contributed by atoms with Gasteiger partial charge in [0.25, 0.3) is 0 Å². The number of rotatable bonds is 18. The molecule has 0 spiro atoms. The molecule has 0 fully saturated rings. The number of alkyl halides is 3. The topological polar surface area (TPSA) is 154 Å². The van der Waals surface area contributed by atoms with E-state index in [-0.39, 0.29) is 24.5 Å². The number of unbranched alkanes of at least 4 members (excludes halogenated alkanes) is 2. The van der Waals surface area contributed by atoms with Gasteiger partial charge in [-0.15, -0.1) is 0 Å². The number of carbonyl (C=O) groups excluding carboxylic acids is 4. The predicted octanol–water partition coefficient (Wildman–Crippen LogP) is 8.87. The molecule has 0 saturated heterocycles. The molecular formula is C43H39F3N4O8. The molecule has 0 aliphatic heterocycles. The van der Waals surface area contributed by atoms with Crippen molar-refractivity contribution < 1.29 is 51.3 Å². The lowest BCUT2D eigenvalue weighted by molar-refractivity contribution is -0.138. The first-order chi connectivity index (χ1) is 27.9. The average molecular weight is 797 g/mol. The molecule has 0 unspecified atom stereocenters. The molecule has 0 aromatic heterocycles. The summed E-state index contributed by atoms with van der Waals surface area (Å²) >= 11 is 0. The van der Waals surface area contributed by atoms with Crippen LogP contribution in [0.5, 0.6) is 11.5 Å². The minimum atomic E-state index is -4.87. The van der Waals surface area contributed by atoms with Crippen molar-refractivity contribution in [3.63, 3.8) is 0 Å². The normalized spacial score (nSPS) is 10.7. The first-order valence-electron chi connectivity index (χ1n) is 17.8. The van der Waals surface area contributed by atoms with Gasteiger partial charge in [-0.3, -0.25) is 9.59 Å². The molecule has 4 aromatic rings. The number of hydrogen-bond acceptors (Lipinski definition) is 10. The van der Waals surface area contributed by atoms with E-state index in [2.05, 4.69) is 40.5 Å². The Morgan fingerprint density at radius 1 is 0.603 bits per heavy atom. The highest BCUT2D eigenvalue weighted by atomic mass is 19.4. The van der Waals surface area contributed by atoms with Gasteiger partial charge in [-0.25, -0.2) is 9.59 Å². The molecule has 15 heteroatoms. The molecule has 0 heterocycles. The quantitative estimate of drug-likeness (QED) is 0.0253. The summed E-state index contributed by atoms with van der Waals surface area (Å²) in [5, 5.41) is 12.7. The lowest BCUT2D eigenvalue weighted by atomic mass is 10.1. The third-order valence-electron chi connectivity index (χ3n) is 7.66. The van der Waals surface area contributed by atoms with Crippen LogP contribution in [0.25, 0.3) is 0 Å². The highest BCUT2D eigenvalue weighted by Gasteiger charge is 2.34. The van der Waals surface area contributed by atoms with Crippen molar-refractivity contribution in [2.45, 2.75) is 31.9 Å². The van der Waals surface area contributed by atoms with E-state index in [1.54, 1.807) is 48.5 Å². The molecule has 0 aliphatic carbocycles. The molecule has 4 aromatic carbocycles. The third-order valence-corrected chi connectivity index (χ3v) is 7.66. The van der Waals surface area contributed by atoms with Gasteiger partial charge < -0.3 is 29.6 Å². The van der Waals surface area contributed by atoms with Gasteiger partial charge in [0.2, 0.25) is 0 Å². The maximum Gasteiger partial charge on any atom is 0.418 e. The van der Waals surface area contributed by atoms with Crippen LogP contribution < -0.4 is 20.1 Å². The maximum absolute atomic E-state index is 14.0. The van der Waals surface area contributed by atoms with E-state index in [1.807, 2.05) is 5.32 Å². The smallest absolute Gasteiger partial charge is 0.418 e. The highest BCUT2D eigenvalue weighted by molar-refractivity contribution is 6.43. The number of ether oxygens (including phenoxy) is 4. The number of azo groups is 1. The second kappa shape index (κ2) is 22.4. The van der Waals surface area contributed by atoms with Gasteiger partial charge in [-0.05, 0) is 117 Å². The van der Waals surface area contributed by atoms with Crippen molar-refractivity contribution in [1.82, 2.24) is 0 Å². The first-order valence-corrected chi connectivity index (χ1v) is 17.8. The molecule has 58 heavy (non-hydrogen) atoms. The van der Waals surface area contributed by atoms with Crippen LogP contribution in [0.1, 0.15) is 42.4 Å². The second-order valence-corrected chi connectivity index (χ2v) is 12.0. The van der Waals surface area contributed by atoms with E-state index in [4.69, 9.17) is 18.9 Å². The number of carbonyl (C=O) groups is 4. The van der Waals surface area contributed by atoms with Crippen LogP contribution in [-0.4, -0.2) is 50.2 Å². The Morgan fingerprint density at radius 3 is 1.57 bits per heavy atom. The second-order valence-electron chi connectivity index (χ2n) is 12.0. The van der Waals surface area contributed by atoms with Gasteiger partial charge in [0.05, 0.1) is 49.1 Å². The van der Waals surface area contributed by atoms with Crippen LogP contribution in [0.15, 0.2) is 127 Å². The molecule has 2 N–H and O–H groups in total. The Hall–Kier alpha value is -7.21. The number of nitrogens with zero attached hydrogens (tertiary/aromatic N) is 2. The van der Waals surface area contributed by atoms with Gasteiger partial charge in [0, 0.05) is 29.0 Å². The fourth-order valence-corrected chi connectivity index (χ4v) is 4.70. The van der Waals surface area contributed by atoms with E-state index >= 15 is 0 Å². The predicted molar refractivity (Wildman–Crippen MR) is 210 cm³/mol. The summed E-state index contributed by atoms with van der Waals surface area (Å²) in [6.07, 6.45) is -0.0633. The Balaban J connectivity index is 1.25. The largest absolute Gasteiger partial charge is 0.494 e. The SMILES string of the molecule is C=CC(=O)OCCCCOc1ccc(C#Cc2ccc(NC(=O)C(=O)Nc3ccc(/N=N/c4ccc(OCCCCOC(=O)C=C)cc4)cc3)c(C(F)(F)F)c2)cc1. The number of hydrogen-bond donors (Lipinski definition) is 2. The van der Waals surface area contributed by atoms with E-state index in [0.717, 1.165) is 24.3 Å². The van der Waals surface area contributed by atoms with E-state index in [9.17, 15) is 32.3 Å². The molecule has 2 amide bonds. The van der Waals surface area contributed by atoms with Crippen molar-refractivity contribution in [1.29, 1.82) is 0 Å². The Kier molecular flexibility index (Phi) is 16.8. The van der Waals surface area contributed by atoms with Gasteiger partial charge in [0.1, 0.15) is 11.5 Å². The summed E-state index contributed by atoms with van der Waals surface area (Å²) < 4.78 is 63.2. The minimum Gasteiger partial charge on any atom is -0.494 e. The summed E-state index contributed by atoms with van der Waals surface area (Å²) in [6.45, 7) is 8.03. The molecule has 4 rings (SSSR count). The van der Waals surface area contributed by atoms with Gasteiger partial charge in [-0.1, -0.05) is 25.0 Å². The van der Waals surface area contributed by atoms with E-state index < -0.39 is 41.2 Å².